The van der Waals surface area contributed by atoms with Crippen LogP contribution in [0.4, 0.5) is 0 Å². The van der Waals surface area contributed by atoms with E-state index in [9.17, 15) is 0 Å². The van der Waals surface area contributed by atoms with Gasteiger partial charge in [-0.3, -0.25) is 0 Å². The molecule has 1 aromatic rings. The van der Waals surface area contributed by atoms with Crippen LogP contribution in [0.2, 0.25) is 0 Å². The van der Waals surface area contributed by atoms with Crippen LogP contribution in [0.25, 0.3) is 0 Å². The Morgan fingerprint density at radius 1 is 1.17 bits per heavy atom. The van der Waals surface area contributed by atoms with Crippen LogP contribution in [0, 0.1) is 0 Å². The van der Waals surface area contributed by atoms with Crippen LogP contribution < -0.4 is 9.47 Å². The first-order valence-electron chi connectivity index (χ1n) is 6.75. The van der Waals surface area contributed by atoms with Gasteiger partial charge in [-0.25, -0.2) is 0 Å². The Balaban J connectivity index is 2.34. The minimum atomic E-state index is 0.228. The second kappa shape index (κ2) is 6.10. The van der Waals surface area contributed by atoms with E-state index in [1.807, 2.05) is 0 Å². The standard InChI is InChI=1S/C15H22O3/c1-11(2)13-10-15-14(17-7-4-8-18-15)9-12(13)5-3-6-16/h9-11,16H,3-8H2,1-2H3. The van der Waals surface area contributed by atoms with Crippen LogP contribution in [0.15, 0.2) is 12.1 Å². The van der Waals surface area contributed by atoms with Crippen LogP contribution in [-0.4, -0.2) is 24.9 Å². The Kier molecular flexibility index (Phi) is 4.48. The highest BCUT2D eigenvalue weighted by Crippen LogP contribution is 2.36. The van der Waals surface area contributed by atoms with E-state index in [-0.39, 0.29) is 6.61 Å². The van der Waals surface area contributed by atoms with Gasteiger partial charge in [-0.05, 0) is 42.0 Å². The predicted octanol–water partition coefficient (Wildman–Crippen LogP) is 2.90. The predicted molar refractivity (Wildman–Crippen MR) is 71.5 cm³/mol. The van der Waals surface area contributed by atoms with Crippen LogP contribution >= 0.6 is 0 Å². The van der Waals surface area contributed by atoms with Crippen molar-refractivity contribution in [3.8, 4) is 11.5 Å². The fraction of sp³-hybridized carbons (Fsp3) is 0.600. The van der Waals surface area contributed by atoms with Crippen molar-refractivity contribution in [3.05, 3.63) is 23.3 Å². The van der Waals surface area contributed by atoms with Gasteiger partial charge < -0.3 is 14.6 Å². The fourth-order valence-corrected chi connectivity index (χ4v) is 2.29. The topological polar surface area (TPSA) is 38.7 Å². The summed E-state index contributed by atoms with van der Waals surface area (Å²) in [6.07, 6.45) is 2.61. The van der Waals surface area contributed by atoms with Gasteiger partial charge in [-0.15, -0.1) is 0 Å². The fourth-order valence-electron chi connectivity index (χ4n) is 2.29. The number of benzene rings is 1. The Hall–Kier alpha value is -1.22. The third-order valence-electron chi connectivity index (χ3n) is 3.24. The van der Waals surface area contributed by atoms with Gasteiger partial charge in [0.1, 0.15) is 0 Å². The number of aryl methyl sites for hydroxylation is 1. The van der Waals surface area contributed by atoms with Gasteiger partial charge in [-0.1, -0.05) is 13.8 Å². The van der Waals surface area contributed by atoms with Crippen molar-refractivity contribution in [2.45, 2.75) is 39.0 Å². The number of hydrogen-bond donors (Lipinski definition) is 1. The first-order valence-corrected chi connectivity index (χ1v) is 6.75. The molecule has 0 saturated heterocycles. The van der Waals surface area contributed by atoms with Crippen molar-refractivity contribution < 1.29 is 14.6 Å². The number of aliphatic hydroxyl groups excluding tert-OH is 1. The zero-order valence-corrected chi connectivity index (χ0v) is 11.2. The summed E-state index contributed by atoms with van der Waals surface area (Å²) in [4.78, 5) is 0. The molecular weight excluding hydrogens is 228 g/mol. The Labute approximate surface area is 109 Å². The van der Waals surface area contributed by atoms with Gasteiger partial charge in [0.05, 0.1) is 13.2 Å². The minimum Gasteiger partial charge on any atom is -0.490 e. The largest absolute Gasteiger partial charge is 0.490 e. The molecule has 1 heterocycles. The van der Waals surface area contributed by atoms with E-state index in [1.165, 1.54) is 11.1 Å². The Morgan fingerprint density at radius 3 is 2.44 bits per heavy atom. The molecule has 0 radical (unpaired) electrons. The summed E-state index contributed by atoms with van der Waals surface area (Å²) in [5.74, 6) is 2.17. The maximum absolute atomic E-state index is 8.98. The number of hydrogen-bond acceptors (Lipinski definition) is 3. The van der Waals surface area contributed by atoms with Gasteiger partial charge in [0.15, 0.2) is 11.5 Å². The maximum Gasteiger partial charge on any atom is 0.161 e. The molecule has 0 unspecified atom stereocenters. The zero-order valence-electron chi connectivity index (χ0n) is 11.2. The molecule has 1 aliphatic heterocycles. The third-order valence-corrected chi connectivity index (χ3v) is 3.24. The number of aliphatic hydroxyl groups is 1. The first kappa shape index (κ1) is 13.2. The van der Waals surface area contributed by atoms with Crippen molar-refractivity contribution in [1.82, 2.24) is 0 Å². The van der Waals surface area contributed by atoms with Crippen molar-refractivity contribution in [2.24, 2.45) is 0 Å². The van der Waals surface area contributed by atoms with Crippen molar-refractivity contribution in [1.29, 1.82) is 0 Å². The van der Waals surface area contributed by atoms with Crippen molar-refractivity contribution >= 4 is 0 Å². The van der Waals surface area contributed by atoms with Crippen molar-refractivity contribution in [3.63, 3.8) is 0 Å². The smallest absolute Gasteiger partial charge is 0.161 e. The monoisotopic (exact) mass is 250 g/mol. The zero-order chi connectivity index (χ0) is 13.0. The Morgan fingerprint density at radius 2 is 1.83 bits per heavy atom. The highest BCUT2D eigenvalue weighted by molar-refractivity contribution is 5.48. The number of fused-ring (bicyclic) bond motifs is 1. The molecule has 18 heavy (non-hydrogen) atoms. The van der Waals surface area contributed by atoms with E-state index in [1.54, 1.807) is 0 Å². The van der Waals surface area contributed by atoms with Crippen LogP contribution in [0.3, 0.4) is 0 Å². The quantitative estimate of drug-likeness (QED) is 0.893. The first-order chi connectivity index (χ1) is 8.72. The molecule has 0 aromatic heterocycles. The van der Waals surface area contributed by atoms with E-state index in [2.05, 4.69) is 26.0 Å². The average molecular weight is 250 g/mol. The van der Waals surface area contributed by atoms with Crippen LogP contribution in [-0.2, 0) is 6.42 Å². The molecule has 100 valence electrons. The summed E-state index contributed by atoms with van der Waals surface area (Å²) < 4.78 is 11.4. The normalized spacial score (nSPS) is 14.7. The highest BCUT2D eigenvalue weighted by atomic mass is 16.5. The molecule has 3 heteroatoms. The molecule has 0 bridgehead atoms. The summed E-state index contributed by atoms with van der Waals surface area (Å²) in [5.41, 5.74) is 2.57. The molecule has 1 N–H and O–H groups in total. The molecule has 0 spiro atoms. The molecular formula is C15H22O3. The molecule has 0 amide bonds. The lowest BCUT2D eigenvalue weighted by molar-refractivity contribution is 0.288. The van der Waals surface area contributed by atoms with Gasteiger partial charge in [0.2, 0.25) is 0 Å². The molecule has 0 saturated carbocycles. The van der Waals surface area contributed by atoms with E-state index in [4.69, 9.17) is 14.6 Å². The van der Waals surface area contributed by atoms with Crippen LogP contribution in [0.1, 0.15) is 43.7 Å². The van der Waals surface area contributed by atoms with Gasteiger partial charge >= 0.3 is 0 Å². The summed E-state index contributed by atoms with van der Waals surface area (Å²) >= 11 is 0. The molecule has 1 aliphatic rings. The summed E-state index contributed by atoms with van der Waals surface area (Å²) in [5, 5.41) is 8.98. The van der Waals surface area contributed by atoms with E-state index >= 15 is 0 Å². The number of rotatable bonds is 4. The van der Waals surface area contributed by atoms with Crippen molar-refractivity contribution in [2.75, 3.05) is 19.8 Å². The molecule has 0 fully saturated rings. The maximum atomic E-state index is 8.98. The third kappa shape index (κ3) is 2.96. The van der Waals surface area contributed by atoms with Gasteiger partial charge in [-0.2, -0.15) is 0 Å². The lowest BCUT2D eigenvalue weighted by Crippen LogP contribution is -2.01. The molecule has 0 aliphatic carbocycles. The molecule has 3 nitrogen and oxygen atoms in total. The Bertz CT molecular complexity index is 399. The molecule has 2 rings (SSSR count). The average Bonchev–Trinajstić information content (AvgIpc) is 2.59. The highest BCUT2D eigenvalue weighted by Gasteiger charge is 2.16. The summed E-state index contributed by atoms with van der Waals surface area (Å²) in [6.45, 7) is 6.03. The lowest BCUT2D eigenvalue weighted by atomic mass is 9.94. The van der Waals surface area contributed by atoms with E-state index < -0.39 is 0 Å². The van der Waals surface area contributed by atoms with E-state index in [0.717, 1.165) is 37.4 Å². The summed E-state index contributed by atoms with van der Waals surface area (Å²) in [6, 6.07) is 4.20. The van der Waals surface area contributed by atoms with Gasteiger partial charge in [0.25, 0.3) is 0 Å². The second-order valence-corrected chi connectivity index (χ2v) is 5.03. The SMILES string of the molecule is CC(C)c1cc2c(cc1CCCO)OCCCO2. The lowest BCUT2D eigenvalue weighted by Gasteiger charge is -2.17. The van der Waals surface area contributed by atoms with E-state index in [0.29, 0.717) is 12.5 Å². The van der Waals surface area contributed by atoms with Gasteiger partial charge in [0, 0.05) is 13.0 Å². The molecule has 0 atom stereocenters. The summed E-state index contributed by atoms with van der Waals surface area (Å²) in [7, 11) is 0. The number of ether oxygens (including phenoxy) is 2. The molecule has 1 aromatic carbocycles. The minimum absolute atomic E-state index is 0.228. The van der Waals surface area contributed by atoms with Crippen LogP contribution in [0.5, 0.6) is 11.5 Å². The second-order valence-electron chi connectivity index (χ2n) is 5.03.